The van der Waals surface area contributed by atoms with Crippen LogP contribution in [0.1, 0.15) is 33.3 Å². The number of aromatic carboxylic acids is 1. The number of nitrogens with one attached hydrogen (secondary N) is 1. The van der Waals surface area contributed by atoms with E-state index in [0.29, 0.717) is 10.8 Å². The second-order valence-electron chi connectivity index (χ2n) is 5.07. The molecule has 0 saturated heterocycles. The Bertz CT molecular complexity index is 814. The smallest absolute Gasteiger partial charge is 0.345 e. The van der Waals surface area contributed by atoms with Gasteiger partial charge >= 0.3 is 5.97 Å². The van der Waals surface area contributed by atoms with Gasteiger partial charge in [0.15, 0.2) is 0 Å². The third-order valence-corrected chi connectivity index (χ3v) is 4.96. The van der Waals surface area contributed by atoms with Gasteiger partial charge in [-0.05, 0) is 48.1 Å². The zero-order chi connectivity index (χ0) is 13.7. The van der Waals surface area contributed by atoms with E-state index in [4.69, 9.17) is 0 Å². The predicted octanol–water partition coefficient (Wildman–Crippen LogP) is 3.87. The second kappa shape index (κ2) is 4.18. The molecule has 1 fully saturated rings. The molecule has 1 saturated carbocycles. The number of carboxylic acid groups (broad SMARTS) is 1. The molecule has 0 radical (unpaired) electrons. The maximum Gasteiger partial charge on any atom is 0.345 e. The lowest BCUT2D eigenvalue weighted by molar-refractivity contribution is 0.0702. The van der Waals surface area contributed by atoms with E-state index in [1.165, 1.54) is 16.2 Å². The van der Waals surface area contributed by atoms with Crippen molar-refractivity contribution in [2.24, 2.45) is 0 Å². The van der Waals surface area contributed by atoms with Crippen LogP contribution in [0.2, 0.25) is 0 Å². The fourth-order valence-electron chi connectivity index (χ4n) is 2.57. The Labute approximate surface area is 119 Å². The van der Waals surface area contributed by atoms with E-state index < -0.39 is 5.97 Å². The number of carboxylic acids is 1. The number of thiophene rings is 1. The lowest BCUT2D eigenvalue weighted by Crippen LogP contribution is -1.90. The minimum atomic E-state index is -0.845. The third kappa shape index (κ3) is 1.74. The van der Waals surface area contributed by atoms with Crippen LogP contribution in [0.15, 0.2) is 30.6 Å². The molecule has 0 aromatic carbocycles. The Morgan fingerprint density at radius 1 is 1.35 bits per heavy atom. The Kier molecular flexibility index (Phi) is 2.44. The quantitative estimate of drug-likeness (QED) is 0.767. The molecule has 0 bridgehead atoms. The normalized spacial score (nSPS) is 14.8. The van der Waals surface area contributed by atoms with Gasteiger partial charge in [-0.15, -0.1) is 11.3 Å². The van der Waals surface area contributed by atoms with Crippen LogP contribution < -0.4 is 0 Å². The summed E-state index contributed by atoms with van der Waals surface area (Å²) in [6.45, 7) is 0. The highest BCUT2D eigenvalue weighted by atomic mass is 32.1. The van der Waals surface area contributed by atoms with Gasteiger partial charge in [0.25, 0.3) is 0 Å². The lowest BCUT2D eigenvalue weighted by atomic mass is 10.0. The van der Waals surface area contributed by atoms with Crippen molar-refractivity contribution in [3.63, 3.8) is 0 Å². The molecule has 2 N–H and O–H groups in total. The molecule has 5 heteroatoms. The van der Waals surface area contributed by atoms with Crippen LogP contribution in [-0.2, 0) is 0 Å². The fourth-order valence-corrected chi connectivity index (χ4v) is 3.75. The number of carbonyl (C=O) groups is 1. The lowest BCUT2D eigenvalue weighted by Gasteiger charge is -2.04. The van der Waals surface area contributed by atoms with Gasteiger partial charge in [-0.3, -0.25) is 0 Å². The van der Waals surface area contributed by atoms with Crippen molar-refractivity contribution in [3.05, 3.63) is 40.3 Å². The molecule has 1 aliphatic rings. The largest absolute Gasteiger partial charge is 0.477 e. The number of hydrogen-bond donors (Lipinski definition) is 2. The number of aromatic amines is 1. The number of pyridine rings is 1. The average Bonchev–Trinajstić information content (AvgIpc) is 3.02. The summed E-state index contributed by atoms with van der Waals surface area (Å²) < 4.78 is 0. The van der Waals surface area contributed by atoms with Crippen LogP contribution in [0.5, 0.6) is 0 Å². The van der Waals surface area contributed by atoms with E-state index in [0.717, 1.165) is 35.0 Å². The summed E-state index contributed by atoms with van der Waals surface area (Å²) in [7, 11) is 0. The fraction of sp³-hybridized carbons (Fsp3) is 0.200. The van der Waals surface area contributed by atoms with E-state index in [-0.39, 0.29) is 0 Å². The first-order valence-electron chi connectivity index (χ1n) is 6.53. The molecule has 20 heavy (non-hydrogen) atoms. The highest BCUT2D eigenvalue weighted by Gasteiger charge is 2.30. The minimum Gasteiger partial charge on any atom is -0.477 e. The van der Waals surface area contributed by atoms with Crippen LogP contribution in [0.25, 0.3) is 22.2 Å². The summed E-state index contributed by atoms with van der Waals surface area (Å²) in [5.74, 6) is -0.312. The number of nitrogens with zero attached hydrogens (tertiary/aromatic N) is 1. The highest BCUT2D eigenvalue weighted by Crippen LogP contribution is 2.49. The van der Waals surface area contributed by atoms with Crippen molar-refractivity contribution in [1.29, 1.82) is 0 Å². The molecule has 3 aromatic rings. The van der Waals surface area contributed by atoms with E-state index >= 15 is 0 Å². The van der Waals surface area contributed by atoms with Gasteiger partial charge in [-0.1, -0.05) is 0 Å². The Balaban J connectivity index is 1.97. The second-order valence-corrected chi connectivity index (χ2v) is 6.15. The highest BCUT2D eigenvalue weighted by molar-refractivity contribution is 7.14. The zero-order valence-electron chi connectivity index (χ0n) is 10.6. The number of hydrogen-bond acceptors (Lipinski definition) is 3. The Morgan fingerprint density at radius 2 is 2.20 bits per heavy atom. The van der Waals surface area contributed by atoms with Crippen LogP contribution in [0, 0.1) is 0 Å². The summed E-state index contributed by atoms with van der Waals surface area (Å²) in [5.41, 5.74) is 2.97. The molecule has 0 atom stereocenters. The van der Waals surface area contributed by atoms with Crippen molar-refractivity contribution < 1.29 is 9.90 Å². The molecule has 3 aromatic heterocycles. The number of H-pyrrole nitrogens is 1. The number of aromatic nitrogens is 2. The predicted molar refractivity (Wildman–Crippen MR) is 78.3 cm³/mol. The Hall–Kier alpha value is -2.14. The first-order chi connectivity index (χ1) is 9.74. The first-order valence-corrected chi connectivity index (χ1v) is 7.35. The first kappa shape index (κ1) is 11.7. The van der Waals surface area contributed by atoms with E-state index in [9.17, 15) is 9.90 Å². The van der Waals surface area contributed by atoms with Gasteiger partial charge in [0.05, 0.1) is 0 Å². The van der Waals surface area contributed by atoms with Gasteiger partial charge in [-0.25, -0.2) is 9.78 Å². The van der Waals surface area contributed by atoms with Crippen LogP contribution in [0.4, 0.5) is 0 Å². The van der Waals surface area contributed by atoms with Crippen molar-refractivity contribution in [2.45, 2.75) is 18.8 Å². The standard InChI is InChI=1S/C15H12N2O2S/c18-15(19)12-7-11(13(20-12)8-1-2-8)9-3-5-16-14-10(9)4-6-17-14/h3-8H,1-2H2,(H,16,17)(H,18,19). The van der Waals surface area contributed by atoms with Gasteiger partial charge in [0.1, 0.15) is 10.5 Å². The Morgan fingerprint density at radius 3 is 2.95 bits per heavy atom. The molecule has 0 aliphatic heterocycles. The molecular formula is C15H12N2O2S. The molecule has 1 aliphatic carbocycles. The zero-order valence-corrected chi connectivity index (χ0v) is 11.4. The summed E-state index contributed by atoms with van der Waals surface area (Å²) in [6, 6.07) is 5.77. The van der Waals surface area contributed by atoms with Crippen molar-refractivity contribution in [1.82, 2.24) is 9.97 Å². The number of fused-ring (bicyclic) bond motifs is 1. The van der Waals surface area contributed by atoms with E-state index in [1.807, 2.05) is 24.4 Å². The van der Waals surface area contributed by atoms with Crippen LogP contribution in [0.3, 0.4) is 0 Å². The van der Waals surface area contributed by atoms with E-state index in [2.05, 4.69) is 9.97 Å². The van der Waals surface area contributed by atoms with Gasteiger partial charge in [-0.2, -0.15) is 0 Å². The summed E-state index contributed by atoms with van der Waals surface area (Å²) in [5, 5.41) is 10.3. The molecule has 4 rings (SSSR count). The van der Waals surface area contributed by atoms with Crippen molar-refractivity contribution in [2.75, 3.05) is 0 Å². The molecule has 4 nitrogen and oxygen atoms in total. The van der Waals surface area contributed by atoms with Crippen molar-refractivity contribution >= 4 is 28.3 Å². The minimum absolute atomic E-state index is 0.419. The molecule has 0 amide bonds. The molecule has 3 heterocycles. The molecule has 0 spiro atoms. The summed E-state index contributed by atoms with van der Waals surface area (Å²) in [6.07, 6.45) is 5.95. The topological polar surface area (TPSA) is 66.0 Å². The maximum atomic E-state index is 11.2. The SMILES string of the molecule is O=C(O)c1cc(-c2ccnc3[nH]ccc23)c(C2CC2)s1. The van der Waals surface area contributed by atoms with Crippen LogP contribution in [-0.4, -0.2) is 21.0 Å². The maximum absolute atomic E-state index is 11.2. The average molecular weight is 284 g/mol. The van der Waals surface area contributed by atoms with E-state index in [1.54, 1.807) is 6.20 Å². The van der Waals surface area contributed by atoms with Gasteiger partial charge in [0, 0.05) is 22.7 Å². The monoisotopic (exact) mass is 284 g/mol. The van der Waals surface area contributed by atoms with Gasteiger partial charge < -0.3 is 10.1 Å². The summed E-state index contributed by atoms with van der Waals surface area (Å²) in [4.78, 5) is 20.3. The molecular weight excluding hydrogens is 272 g/mol. The number of rotatable bonds is 3. The molecule has 100 valence electrons. The third-order valence-electron chi connectivity index (χ3n) is 3.67. The molecule has 0 unspecified atom stereocenters. The summed E-state index contributed by atoms with van der Waals surface area (Å²) >= 11 is 1.41. The van der Waals surface area contributed by atoms with Gasteiger partial charge in [0.2, 0.25) is 0 Å². The van der Waals surface area contributed by atoms with Crippen molar-refractivity contribution in [3.8, 4) is 11.1 Å². The van der Waals surface area contributed by atoms with Crippen LogP contribution >= 0.6 is 11.3 Å².